The molecular weight excluding hydrogens is 212 g/mol. The van der Waals surface area contributed by atoms with E-state index >= 15 is 0 Å². The lowest BCUT2D eigenvalue weighted by Crippen LogP contribution is -2.42. The summed E-state index contributed by atoms with van der Waals surface area (Å²) in [5.41, 5.74) is 1.42. The van der Waals surface area contributed by atoms with Gasteiger partial charge >= 0.3 is 0 Å². The lowest BCUT2D eigenvalue weighted by Gasteiger charge is -2.37. The molecule has 1 rings (SSSR count). The fourth-order valence-electron chi connectivity index (χ4n) is 1.94. The normalized spacial score (nSPS) is 27.5. The summed E-state index contributed by atoms with van der Waals surface area (Å²) in [6, 6.07) is 0. The molecule has 0 radical (unpaired) electrons. The predicted molar refractivity (Wildman–Crippen MR) is 74.2 cm³/mol. The van der Waals surface area contributed by atoms with Crippen molar-refractivity contribution in [2.24, 2.45) is 11.8 Å². The number of hydrogen-bond donors (Lipinski definition) is 0. The Hall–Kier alpha value is -0.0831. The molecule has 0 heterocycles. The van der Waals surface area contributed by atoms with Crippen LogP contribution in [0.3, 0.4) is 0 Å². The summed E-state index contributed by atoms with van der Waals surface area (Å²) in [4.78, 5) is 0. The fourth-order valence-corrected chi connectivity index (χ4v) is 3.01. The topological polar surface area (TPSA) is 9.23 Å². The molecule has 1 saturated carbocycles. The number of hydrogen-bond acceptors (Lipinski definition) is 1. The van der Waals surface area contributed by atoms with Crippen LogP contribution in [0.5, 0.6) is 0 Å². The third-order valence-corrected chi connectivity index (χ3v) is 9.15. The molecule has 16 heavy (non-hydrogen) atoms. The van der Waals surface area contributed by atoms with Gasteiger partial charge in [-0.1, -0.05) is 39.8 Å². The number of allylic oxidation sites excluding steroid dienone is 1. The minimum absolute atomic E-state index is 0.325. The second-order valence-electron chi connectivity index (χ2n) is 6.82. The summed E-state index contributed by atoms with van der Waals surface area (Å²) in [5, 5.41) is 0.325. The maximum atomic E-state index is 6.29. The molecule has 94 valence electrons. The molecule has 1 fully saturated rings. The minimum atomic E-state index is -1.55. The van der Waals surface area contributed by atoms with Crippen LogP contribution in [0.1, 0.15) is 40.5 Å². The van der Waals surface area contributed by atoms with Gasteiger partial charge in [-0.25, -0.2) is 0 Å². The van der Waals surface area contributed by atoms with Gasteiger partial charge in [0.2, 0.25) is 0 Å². The Morgan fingerprint density at radius 1 is 1.38 bits per heavy atom. The van der Waals surface area contributed by atoms with Gasteiger partial charge < -0.3 is 4.43 Å². The van der Waals surface area contributed by atoms with Gasteiger partial charge in [-0.05, 0) is 42.8 Å². The van der Waals surface area contributed by atoms with E-state index in [4.69, 9.17) is 4.43 Å². The van der Waals surface area contributed by atoms with Crippen molar-refractivity contribution in [1.29, 1.82) is 0 Å². The van der Waals surface area contributed by atoms with Crippen molar-refractivity contribution in [3.63, 3.8) is 0 Å². The van der Waals surface area contributed by atoms with E-state index in [0.717, 1.165) is 6.61 Å². The third kappa shape index (κ3) is 2.98. The summed E-state index contributed by atoms with van der Waals surface area (Å²) < 4.78 is 6.29. The molecule has 0 unspecified atom stereocenters. The quantitative estimate of drug-likeness (QED) is 0.517. The van der Waals surface area contributed by atoms with E-state index in [9.17, 15) is 0 Å². The molecule has 0 bridgehead atoms. The first-order valence-electron chi connectivity index (χ1n) is 6.47. The molecule has 2 atom stereocenters. The van der Waals surface area contributed by atoms with Gasteiger partial charge in [-0.15, -0.1) is 0 Å². The van der Waals surface area contributed by atoms with E-state index in [0.29, 0.717) is 16.9 Å². The molecule has 1 nitrogen and oxygen atoms in total. The van der Waals surface area contributed by atoms with Crippen molar-refractivity contribution in [3.05, 3.63) is 12.2 Å². The first-order chi connectivity index (χ1) is 7.15. The van der Waals surface area contributed by atoms with Crippen LogP contribution in [0.2, 0.25) is 18.1 Å². The van der Waals surface area contributed by atoms with Gasteiger partial charge in [0.25, 0.3) is 0 Å². The van der Waals surface area contributed by atoms with Crippen LogP contribution in [-0.2, 0) is 4.43 Å². The van der Waals surface area contributed by atoms with Crippen molar-refractivity contribution in [2.45, 2.75) is 58.7 Å². The van der Waals surface area contributed by atoms with Crippen LogP contribution in [0.15, 0.2) is 12.2 Å². The molecule has 0 spiro atoms. The van der Waals surface area contributed by atoms with Gasteiger partial charge in [0.05, 0.1) is 0 Å². The molecule has 0 aromatic heterocycles. The fraction of sp³-hybridized carbons (Fsp3) is 0.857. The predicted octanol–water partition coefficient (Wildman–Crippen LogP) is 4.61. The molecule has 0 aliphatic heterocycles. The van der Waals surface area contributed by atoms with Gasteiger partial charge in [0.15, 0.2) is 8.32 Å². The van der Waals surface area contributed by atoms with E-state index in [1.807, 2.05) is 0 Å². The summed E-state index contributed by atoms with van der Waals surface area (Å²) in [5.74, 6) is 1.37. The van der Waals surface area contributed by atoms with Crippen molar-refractivity contribution in [2.75, 3.05) is 6.61 Å². The van der Waals surface area contributed by atoms with Crippen LogP contribution in [0.25, 0.3) is 0 Å². The molecule has 0 amide bonds. The highest BCUT2D eigenvalue weighted by Crippen LogP contribution is 2.40. The van der Waals surface area contributed by atoms with E-state index < -0.39 is 8.32 Å². The highest BCUT2D eigenvalue weighted by molar-refractivity contribution is 6.74. The molecule has 1 aliphatic carbocycles. The first kappa shape index (κ1) is 14.0. The van der Waals surface area contributed by atoms with Crippen LogP contribution in [-0.4, -0.2) is 14.9 Å². The maximum Gasteiger partial charge on any atom is 0.191 e. The van der Waals surface area contributed by atoms with Crippen molar-refractivity contribution in [1.82, 2.24) is 0 Å². The Bertz CT molecular complexity index is 262. The Balaban J connectivity index is 2.49. The zero-order valence-electron chi connectivity index (χ0n) is 11.9. The van der Waals surface area contributed by atoms with Crippen LogP contribution in [0.4, 0.5) is 0 Å². The Morgan fingerprint density at radius 2 is 1.94 bits per heavy atom. The Kier molecular flexibility index (Phi) is 4.07. The third-order valence-electron chi connectivity index (χ3n) is 4.65. The molecule has 0 N–H and O–H groups in total. The van der Waals surface area contributed by atoms with Crippen LogP contribution in [0, 0.1) is 11.8 Å². The van der Waals surface area contributed by atoms with Crippen LogP contribution >= 0.6 is 0 Å². The van der Waals surface area contributed by atoms with Crippen molar-refractivity contribution < 1.29 is 4.43 Å². The Morgan fingerprint density at radius 3 is 2.31 bits per heavy atom. The summed E-state index contributed by atoms with van der Waals surface area (Å²) >= 11 is 0. The average molecular weight is 240 g/mol. The highest BCUT2D eigenvalue weighted by atomic mass is 28.4. The molecule has 1 aliphatic rings. The first-order valence-corrected chi connectivity index (χ1v) is 9.37. The van der Waals surface area contributed by atoms with Gasteiger partial charge in [-0.2, -0.15) is 0 Å². The zero-order valence-corrected chi connectivity index (χ0v) is 12.9. The molecule has 2 heteroatoms. The lowest BCUT2D eigenvalue weighted by atomic mass is 9.97. The highest BCUT2D eigenvalue weighted by Gasteiger charge is 2.38. The average Bonchev–Trinajstić information content (AvgIpc) is 2.43. The van der Waals surface area contributed by atoms with E-state index in [2.05, 4.69) is 47.4 Å². The summed E-state index contributed by atoms with van der Waals surface area (Å²) in [7, 11) is -1.55. The minimum Gasteiger partial charge on any atom is -0.417 e. The maximum absolute atomic E-state index is 6.29. The van der Waals surface area contributed by atoms with E-state index in [1.54, 1.807) is 0 Å². The summed E-state index contributed by atoms with van der Waals surface area (Å²) in [6.07, 6.45) is 2.47. The van der Waals surface area contributed by atoms with Crippen molar-refractivity contribution >= 4 is 8.32 Å². The molecule has 0 aromatic carbocycles. The summed E-state index contributed by atoms with van der Waals surface area (Å²) in [6.45, 7) is 19.0. The SMILES string of the molecule is C=C1CC[C@@H](CO[Si](C)(C)C(C)(C)C)[C@@H]1C. The van der Waals surface area contributed by atoms with Crippen molar-refractivity contribution in [3.8, 4) is 0 Å². The molecular formula is C14H28OSi. The van der Waals surface area contributed by atoms with Gasteiger partial charge in [0.1, 0.15) is 0 Å². The zero-order chi connectivity index (χ0) is 12.6. The smallest absolute Gasteiger partial charge is 0.191 e. The standard InChI is InChI=1S/C14H28OSi/c1-11-8-9-13(12(11)2)10-15-16(6,7)14(3,4)5/h12-13H,1,8-10H2,2-7H3/t12-,13+/m1/s1. The second-order valence-corrected chi connectivity index (χ2v) is 11.6. The van der Waals surface area contributed by atoms with Gasteiger partial charge in [0, 0.05) is 6.61 Å². The largest absolute Gasteiger partial charge is 0.417 e. The van der Waals surface area contributed by atoms with E-state index in [-0.39, 0.29) is 0 Å². The van der Waals surface area contributed by atoms with Gasteiger partial charge in [-0.3, -0.25) is 0 Å². The monoisotopic (exact) mass is 240 g/mol. The molecule has 0 aromatic rings. The molecule has 0 saturated heterocycles. The lowest BCUT2D eigenvalue weighted by molar-refractivity contribution is 0.210. The second kappa shape index (κ2) is 4.65. The van der Waals surface area contributed by atoms with E-state index in [1.165, 1.54) is 18.4 Å². The van der Waals surface area contributed by atoms with Crippen LogP contribution < -0.4 is 0 Å². The number of rotatable bonds is 3. The Labute approximate surface area is 102 Å².